The van der Waals surface area contributed by atoms with Crippen LogP contribution in [0, 0.1) is 0 Å². The molecule has 0 radical (unpaired) electrons. The third-order valence-electron chi connectivity index (χ3n) is 0.647. The van der Waals surface area contributed by atoms with Gasteiger partial charge in [0.15, 0.2) is 0 Å². The van der Waals surface area contributed by atoms with Gasteiger partial charge in [-0.1, -0.05) is 20.4 Å². The third-order valence-corrected chi connectivity index (χ3v) is 0.647. The van der Waals surface area contributed by atoms with Gasteiger partial charge in [0.1, 0.15) is 5.82 Å². The first kappa shape index (κ1) is 17.2. The molecule has 0 aliphatic carbocycles. The first-order valence-electron chi connectivity index (χ1n) is 4.05. The highest BCUT2D eigenvalue weighted by atomic mass is 15.0. The van der Waals surface area contributed by atoms with E-state index in [4.69, 9.17) is 0 Å². The molecule has 0 aromatic carbocycles. The quantitative estimate of drug-likeness (QED) is 0.500. The maximum absolute atomic E-state index is 4.01. The molecule has 0 rings (SSSR count). The largest absolute Gasteiger partial charge is 0.374 e. The molecule has 0 aliphatic rings. The monoisotopic (exact) mass is 170 g/mol. The van der Waals surface area contributed by atoms with Crippen molar-refractivity contribution in [2.45, 2.75) is 27.7 Å². The standard InChI is InChI=1S/C6H12N2.C2H6.C2H4/c1-5(2)8-6(3)7-4;2*1-2/h7H,3H2,1-2,4H3;1-2H3;1-2H2. The number of nitrogens with zero attached hydrogens (tertiary/aromatic N) is 1. The maximum Gasteiger partial charge on any atom is 0.118 e. The van der Waals surface area contributed by atoms with Crippen molar-refractivity contribution in [1.82, 2.24) is 5.32 Å². The van der Waals surface area contributed by atoms with Crippen LogP contribution in [0.4, 0.5) is 0 Å². The molecule has 0 unspecified atom stereocenters. The molecule has 12 heavy (non-hydrogen) atoms. The van der Waals surface area contributed by atoms with Crippen molar-refractivity contribution in [2.75, 3.05) is 7.05 Å². The molecule has 0 aliphatic heterocycles. The van der Waals surface area contributed by atoms with Gasteiger partial charge < -0.3 is 5.32 Å². The van der Waals surface area contributed by atoms with E-state index in [1.807, 2.05) is 27.7 Å². The van der Waals surface area contributed by atoms with Crippen LogP contribution in [0.15, 0.2) is 30.6 Å². The van der Waals surface area contributed by atoms with E-state index in [2.05, 4.69) is 30.0 Å². The fraction of sp³-hybridized carbons (Fsp3) is 0.500. The van der Waals surface area contributed by atoms with Crippen molar-refractivity contribution < 1.29 is 0 Å². The molecule has 0 fully saturated rings. The summed E-state index contributed by atoms with van der Waals surface area (Å²) in [4.78, 5) is 4.01. The molecule has 0 atom stereocenters. The van der Waals surface area contributed by atoms with Gasteiger partial charge in [-0.2, -0.15) is 0 Å². The van der Waals surface area contributed by atoms with Gasteiger partial charge in [0.05, 0.1) is 0 Å². The van der Waals surface area contributed by atoms with Gasteiger partial charge in [0, 0.05) is 12.8 Å². The van der Waals surface area contributed by atoms with Gasteiger partial charge >= 0.3 is 0 Å². The lowest BCUT2D eigenvalue weighted by atomic mass is 10.5. The van der Waals surface area contributed by atoms with E-state index in [0.717, 1.165) is 5.71 Å². The molecule has 0 aromatic heterocycles. The highest BCUT2D eigenvalue weighted by Crippen LogP contribution is 1.84. The van der Waals surface area contributed by atoms with Crippen LogP contribution in [0.2, 0.25) is 0 Å². The van der Waals surface area contributed by atoms with Crippen LogP contribution in [-0.4, -0.2) is 12.8 Å². The minimum atomic E-state index is 0.713. The minimum absolute atomic E-state index is 0.713. The summed E-state index contributed by atoms with van der Waals surface area (Å²) in [7, 11) is 1.80. The molecular formula is C10H22N2. The van der Waals surface area contributed by atoms with Gasteiger partial charge in [-0.25, -0.2) is 4.99 Å². The molecule has 0 bridgehead atoms. The Morgan fingerprint density at radius 3 is 1.58 bits per heavy atom. The van der Waals surface area contributed by atoms with Gasteiger partial charge in [0.2, 0.25) is 0 Å². The van der Waals surface area contributed by atoms with Crippen molar-refractivity contribution in [3.63, 3.8) is 0 Å². The summed E-state index contributed by atoms with van der Waals surface area (Å²) >= 11 is 0. The van der Waals surface area contributed by atoms with Crippen LogP contribution in [0.5, 0.6) is 0 Å². The van der Waals surface area contributed by atoms with Crippen LogP contribution in [0.25, 0.3) is 0 Å². The highest BCUT2D eigenvalue weighted by Gasteiger charge is 1.79. The molecule has 0 saturated carbocycles. The van der Waals surface area contributed by atoms with Crippen LogP contribution < -0.4 is 5.32 Å². The number of aliphatic imine (C=N–C) groups is 1. The molecule has 2 heteroatoms. The predicted molar refractivity (Wildman–Crippen MR) is 59.6 cm³/mol. The Morgan fingerprint density at radius 1 is 1.17 bits per heavy atom. The number of nitrogens with one attached hydrogen (secondary N) is 1. The van der Waals surface area contributed by atoms with Gasteiger partial charge in [0.25, 0.3) is 0 Å². The molecule has 2 nitrogen and oxygen atoms in total. The summed E-state index contributed by atoms with van der Waals surface area (Å²) in [5.74, 6) is 0.713. The smallest absolute Gasteiger partial charge is 0.118 e. The van der Waals surface area contributed by atoms with Crippen LogP contribution >= 0.6 is 0 Å². The Hall–Kier alpha value is -1.05. The lowest BCUT2D eigenvalue weighted by Gasteiger charge is -1.95. The van der Waals surface area contributed by atoms with Crippen LogP contribution in [-0.2, 0) is 0 Å². The van der Waals surface area contributed by atoms with E-state index in [-0.39, 0.29) is 0 Å². The summed E-state index contributed by atoms with van der Waals surface area (Å²) in [6.45, 7) is 17.5. The first-order chi connectivity index (χ1) is 5.66. The SMILES string of the molecule is C=C.C=C(N=C(C)C)NC.CC. The molecule has 1 N–H and O–H groups in total. The maximum atomic E-state index is 4.01. The minimum Gasteiger partial charge on any atom is -0.374 e. The van der Waals surface area contributed by atoms with Crippen molar-refractivity contribution in [2.24, 2.45) is 4.99 Å². The van der Waals surface area contributed by atoms with E-state index in [0.29, 0.717) is 5.82 Å². The molecule has 0 spiro atoms. The molecule has 72 valence electrons. The van der Waals surface area contributed by atoms with Crippen molar-refractivity contribution >= 4 is 5.71 Å². The Bertz CT molecular complexity index is 122. The summed E-state index contributed by atoms with van der Waals surface area (Å²) in [5, 5.41) is 2.81. The molecule has 0 heterocycles. The fourth-order valence-corrected chi connectivity index (χ4v) is 0.326. The average Bonchev–Trinajstić information content (AvgIpc) is 2.10. The Labute approximate surface area is 77.1 Å². The summed E-state index contributed by atoms with van der Waals surface area (Å²) < 4.78 is 0. The summed E-state index contributed by atoms with van der Waals surface area (Å²) in [5.41, 5.74) is 1.02. The van der Waals surface area contributed by atoms with Gasteiger partial charge in [-0.3, -0.25) is 0 Å². The normalized spacial score (nSPS) is 6.08. The Kier molecular flexibility index (Phi) is 23.6. The Morgan fingerprint density at radius 2 is 1.50 bits per heavy atom. The zero-order chi connectivity index (χ0) is 10.6. The lowest BCUT2D eigenvalue weighted by molar-refractivity contribution is 0.972. The number of hydrogen-bond acceptors (Lipinski definition) is 2. The fourth-order valence-electron chi connectivity index (χ4n) is 0.326. The van der Waals surface area contributed by atoms with E-state index in [9.17, 15) is 0 Å². The van der Waals surface area contributed by atoms with E-state index < -0.39 is 0 Å². The molecular weight excluding hydrogens is 148 g/mol. The number of hydrogen-bond donors (Lipinski definition) is 1. The van der Waals surface area contributed by atoms with Crippen LogP contribution in [0.1, 0.15) is 27.7 Å². The molecule has 0 saturated heterocycles. The van der Waals surface area contributed by atoms with E-state index in [1.165, 1.54) is 0 Å². The topological polar surface area (TPSA) is 24.4 Å². The summed E-state index contributed by atoms with van der Waals surface area (Å²) in [6, 6.07) is 0. The second-order valence-corrected chi connectivity index (χ2v) is 1.76. The zero-order valence-corrected chi connectivity index (χ0v) is 9.07. The van der Waals surface area contributed by atoms with Crippen molar-refractivity contribution in [1.29, 1.82) is 0 Å². The second kappa shape index (κ2) is 16.5. The van der Waals surface area contributed by atoms with E-state index in [1.54, 1.807) is 7.05 Å². The summed E-state index contributed by atoms with van der Waals surface area (Å²) in [6.07, 6.45) is 0. The van der Waals surface area contributed by atoms with Crippen LogP contribution in [0.3, 0.4) is 0 Å². The molecule has 0 aromatic rings. The van der Waals surface area contributed by atoms with Crippen molar-refractivity contribution in [3.8, 4) is 0 Å². The van der Waals surface area contributed by atoms with Crippen molar-refractivity contribution in [3.05, 3.63) is 25.6 Å². The van der Waals surface area contributed by atoms with E-state index >= 15 is 0 Å². The predicted octanol–water partition coefficient (Wildman–Crippen LogP) is 2.99. The average molecular weight is 170 g/mol. The highest BCUT2D eigenvalue weighted by molar-refractivity contribution is 5.79. The first-order valence-corrected chi connectivity index (χ1v) is 4.05. The van der Waals surface area contributed by atoms with Gasteiger partial charge in [-0.15, -0.1) is 13.2 Å². The molecule has 0 amide bonds. The second-order valence-electron chi connectivity index (χ2n) is 1.76. The third kappa shape index (κ3) is 23.1. The zero-order valence-electron chi connectivity index (χ0n) is 9.07. The Balaban J connectivity index is -0.000000175. The van der Waals surface area contributed by atoms with Gasteiger partial charge in [-0.05, 0) is 13.8 Å². The number of rotatable bonds is 2. The lowest BCUT2D eigenvalue weighted by Crippen LogP contribution is -2.02.